The molecule has 2 aliphatic heterocycles. The van der Waals surface area contributed by atoms with E-state index in [0.29, 0.717) is 47.5 Å². The van der Waals surface area contributed by atoms with Gasteiger partial charge in [-0.25, -0.2) is 0 Å². The van der Waals surface area contributed by atoms with Crippen LogP contribution in [0.2, 0.25) is 5.02 Å². The molecule has 0 bridgehead atoms. The lowest BCUT2D eigenvalue weighted by molar-refractivity contribution is -0.136. The molecule has 0 unspecified atom stereocenters. The normalized spacial score (nSPS) is 16.6. The van der Waals surface area contributed by atoms with Crippen molar-refractivity contribution < 1.29 is 28.7 Å². The number of thioether (sulfide) groups is 1. The van der Waals surface area contributed by atoms with Gasteiger partial charge in [0.05, 0.1) is 11.5 Å². The van der Waals surface area contributed by atoms with Crippen LogP contribution in [-0.4, -0.2) is 65.6 Å². The summed E-state index contributed by atoms with van der Waals surface area (Å²) in [6, 6.07) is 11.7. The van der Waals surface area contributed by atoms with Gasteiger partial charge in [0.15, 0.2) is 18.1 Å². The van der Waals surface area contributed by atoms with Crippen LogP contribution in [0, 0.1) is 0 Å². The Hall–Kier alpha value is -3.50. The number of carbonyl (C=O) groups excluding carboxylic acids is 4. The summed E-state index contributed by atoms with van der Waals surface area (Å²) in [6.45, 7) is 2.98. The maximum absolute atomic E-state index is 12.9. The SMILES string of the molecule is CCOc1cc(/C=C2\SC(=O)N(CC(=O)N3CCCCC3)C2=O)ccc1OCC(=O)Nc1ccc(Cl)cc1. The first-order valence-electron chi connectivity index (χ1n) is 12.3. The number of benzene rings is 2. The maximum atomic E-state index is 12.9. The molecule has 0 radical (unpaired) electrons. The number of hydrogen-bond donors (Lipinski definition) is 1. The van der Waals surface area contributed by atoms with Crippen molar-refractivity contribution in [3.05, 3.63) is 58.0 Å². The van der Waals surface area contributed by atoms with Gasteiger partial charge in [-0.15, -0.1) is 0 Å². The van der Waals surface area contributed by atoms with Gasteiger partial charge in [0.2, 0.25) is 5.91 Å². The highest BCUT2D eigenvalue weighted by atomic mass is 35.5. The number of piperidine rings is 1. The molecule has 9 nitrogen and oxygen atoms in total. The molecule has 2 aromatic rings. The molecule has 200 valence electrons. The molecule has 4 amide bonds. The van der Waals surface area contributed by atoms with Gasteiger partial charge >= 0.3 is 0 Å². The van der Waals surface area contributed by atoms with E-state index in [1.165, 1.54) is 0 Å². The Bertz CT molecular complexity index is 1240. The number of imide groups is 1. The zero-order valence-electron chi connectivity index (χ0n) is 20.9. The van der Waals surface area contributed by atoms with E-state index in [1.807, 2.05) is 6.92 Å². The minimum absolute atomic E-state index is 0.214. The molecule has 1 N–H and O–H groups in total. The van der Waals surface area contributed by atoms with Gasteiger partial charge in [-0.05, 0) is 86.0 Å². The lowest BCUT2D eigenvalue weighted by Gasteiger charge is -2.27. The molecule has 0 atom stereocenters. The summed E-state index contributed by atoms with van der Waals surface area (Å²) in [7, 11) is 0. The predicted molar refractivity (Wildman–Crippen MR) is 146 cm³/mol. The van der Waals surface area contributed by atoms with Crippen molar-refractivity contribution in [3.63, 3.8) is 0 Å². The van der Waals surface area contributed by atoms with Crippen molar-refractivity contribution in [2.75, 3.05) is 38.2 Å². The predicted octanol–water partition coefficient (Wildman–Crippen LogP) is 4.81. The summed E-state index contributed by atoms with van der Waals surface area (Å²) in [4.78, 5) is 53.2. The zero-order valence-corrected chi connectivity index (χ0v) is 22.5. The highest BCUT2D eigenvalue weighted by molar-refractivity contribution is 8.18. The minimum Gasteiger partial charge on any atom is -0.490 e. The highest BCUT2D eigenvalue weighted by Gasteiger charge is 2.37. The van der Waals surface area contributed by atoms with Gasteiger partial charge in [0.25, 0.3) is 17.1 Å². The number of ether oxygens (including phenoxy) is 2. The summed E-state index contributed by atoms with van der Waals surface area (Å²) in [6.07, 6.45) is 4.53. The van der Waals surface area contributed by atoms with Gasteiger partial charge in [-0.1, -0.05) is 17.7 Å². The van der Waals surface area contributed by atoms with Crippen LogP contribution in [0.15, 0.2) is 47.4 Å². The Morgan fingerprint density at radius 1 is 1.03 bits per heavy atom. The van der Waals surface area contributed by atoms with Gasteiger partial charge in [0.1, 0.15) is 6.54 Å². The van der Waals surface area contributed by atoms with Crippen LogP contribution in [0.1, 0.15) is 31.7 Å². The largest absolute Gasteiger partial charge is 0.490 e. The third-order valence-electron chi connectivity index (χ3n) is 5.93. The van der Waals surface area contributed by atoms with Crippen LogP contribution in [-0.2, 0) is 14.4 Å². The molecule has 0 aliphatic carbocycles. The first-order chi connectivity index (χ1) is 18.3. The molecule has 2 saturated heterocycles. The van der Waals surface area contributed by atoms with E-state index in [1.54, 1.807) is 53.4 Å². The molecule has 0 saturated carbocycles. The van der Waals surface area contributed by atoms with Crippen molar-refractivity contribution in [1.29, 1.82) is 0 Å². The van der Waals surface area contributed by atoms with Crippen molar-refractivity contribution in [3.8, 4) is 11.5 Å². The van der Waals surface area contributed by atoms with E-state index < -0.39 is 11.1 Å². The Morgan fingerprint density at radius 2 is 1.76 bits per heavy atom. The molecular formula is C27H28ClN3O6S. The fraction of sp³-hybridized carbons (Fsp3) is 0.333. The number of anilines is 1. The maximum Gasteiger partial charge on any atom is 0.294 e. The number of likely N-dealkylation sites (tertiary alicyclic amines) is 1. The van der Waals surface area contributed by atoms with E-state index in [0.717, 1.165) is 35.9 Å². The second-order valence-corrected chi connectivity index (χ2v) is 10.1. The van der Waals surface area contributed by atoms with Crippen molar-refractivity contribution in [2.45, 2.75) is 26.2 Å². The lowest BCUT2D eigenvalue weighted by Crippen LogP contribution is -2.44. The van der Waals surface area contributed by atoms with Gasteiger partial charge in [0, 0.05) is 23.8 Å². The molecule has 4 rings (SSSR count). The first kappa shape index (κ1) is 27.5. The van der Waals surface area contributed by atoms with E-state index >= 15 is 0 Å². The number of nitrogens with one attached hydrogen (secondary N) is 1. The smallest absolute Gasteiger partial charge is 0.294 e. The van der Waals surface area contributed by atoms with Crippen LogP contribution >= 0.6 is 23.4 Å². The van der Waals surface area contributed by atoms with Crippen molar-refractivity contribution in [2.24, 2.45) is 0 Å². The lowest BCUT2D eigenvalue weighted by atomic mass is 10.1. The van der Waals surface area contributed by atoms with Crippen LogP contribution < -0.4 is 14.8 Å². The number of hydrogen-bond acceptors (Lipinski definition) is 7. The zero-order chi connectivity index (χ0) is 27.1. The van der Waals surface area contributed by atoms with E-state index in [2.05, 4.69) is 5.32 Å². The Balaban J connectivity index is 1.40. The fourth-order valence-electron chi connectivity index (χ4n) is 4.04. The molecule has 2 aromatic carbocycles. The number of nitrogens with zero attached hydrogens (tertiary/aromatic N) is 2. The van der Waals surface area contributed by atoms with Crippen LogP contribution in [0.5, 0.6) is 11.5 Å². The summed E-state index contributed by atoms with van der Waals surface area (Å²) in [5, 5.41) is 2.82. The summed E-state index contributed by atoms with van der Waals surface area (Å²) >= 11 is 6.66. The second-order valence-electron chi connectivity index (χ2n) is 8.69. The first-order valence-corrected chi connectivity index (χ1v) is 13.5. The van der Waals surface area contributed by atoms with E-state index in [9.17, 15) is 19.2 Å². The summed E-state index contributed by atoms with van der Waals surface area (Å²) in [5.41, 5.74) is 1.20. The quantitative estimate of drug-likeness (QED) is 0.441. The van der Waals surface area contributed by atoms with E-state index in [4.69, 9.17) is 21.1 Å². The summed E-state index contributed by atoms with van der Waals surface area (Å²) < 4.78 is 11.3. The van der Waals surface area contributed by atoms with Gasteiger partial charge < -0.3 is 19.7 Å². The van der Waals surface area contributed by atoms with Crippen LogP contribution in [0.3, 0.4) is 0 Å². The van der Waals surface area contributed by atoms with Crippen LogP contribution in [0.25, 0.3) is 6.08 Å². The van der Waals surface area contributed by atoms with Gasteiger partial charge in [-0.2, -0.15) is 0 Å². The fourth-order valence-corrected chi connectivity index (χ4v) is 5.01. The van der Waals surface area contributed by atoms with E-state index in [-0.39, 0.29) is 29.9 Å². The summed E-state index contributed by atoms with van der Waals surface area (Å²) in [5.74, 6) is -0.321. The Kier molecular flexibility index (Phi) is 9.30. The third kappa shape index (κ3) is 7.08. The number of carbonyl (C=O) groups is 4. The molecule has 0 aromatic heterocycles. The Morgan fingerprint density at radius 3 is 2.47 bits per heavy atom. The Labute approximate surface area is 230 Å². The number of rotatable bonds is 9. The average molecular weight is 558 g/mol. The molecular weight excluding hydrogens is 530 g/mol. The standard InChI is InChI=1S/C27H28ClN3O6S/c1-2-36-22-14-18(6-11-21(22)37-17-24(32)29-20-9-7-19(28)8-10-20)15-23-26(34)31(27(35)38-23)16-25(33)30-12-4-3-5-13-30/h6-11,14-15H,2-5,12-13,16-17H2,1H3,(H,29,32)/b23-15-. The molecule has 38 heavy (non-hydrogen) atoms. The molecule has 2 fully saturated rings. The van der Waals surface area contributed by atoms with Crippen molar-refractivity contribution in [1.82, 2.24) is 9.80 Å². The third-order valence-corrected chi connectivity index (χ3v) is 7.09. The molecule has 2 heterocycles. The van der Waals surface area contributed by atoms with Crippen LogP contribution in [0.4, 0.5) is 10.5 Å². The number of halogens is 1. The minimum atomic E-state index is -0.498. The van der Waals surface area contributed by atoms with Gasteiger partial charge in [-0.3, -0.25) is 24.1 Å². The molecule has 11 heteroatoms. The monoisotopic (exact) mass is 557 g/mol. The average Bonchev–Trinajstić information content (AvgIpc) is 3.17. The highest BCUT2D eigenvalue weighted by Crippen LogP contribution is 2.35. The molecule has 2 aliphatic rings. The second kappa shape index (κ2) is 12.8. The number of amides is 4. The van der Waals surface area contributed by atoms with Crippen molar-refractivity contribution >= 4 is 58.1 Å². The topological polar surface area (TPSA) is 105 Å². The molecule has 0 spiro atoms.